The number of carbonyl (C=O) groups excluding carboxylic acids is 1. The standard InChI is InChI=1S/C19H25F2N5O/c1-3-13(2)19(27)22-11-18-24-23-17-6-7-25(8-9-26(17)18)12-14-4-5-15(20)10-16(14)21/h4-5,10,13H,3,6-9,11-12H2,1-2H3,(H,22,27). The monoisotopic (exact) mass is 377 g/mol. The average Bonchev–Trinajstić information content (AvgIpc) is 2.93. The molecule has 27 heavy (non-hydrogen) atoms. The Labute approximate surface area is 157 Å². The van der Waals surface area contributed by atoms with E-state index in [0.717, 1.165) is 24.1 Å². The number of rotatable bonds is 6. The minimum Gasteiger partial charge on any atom is -0.349 e. The van der Waals surface area contributed by atoms with E-state index in [1.54, 1.807) is 0 Å². The summed E-state index contributed by atoms with van der Waals surface area (Å²) in [7, 11) is 0. The second-order valence-electron chi connectivity index (χ2n) is 6.97. The van der Waals surface area contributed by atoms with Crippen LogP contribution in [0, 0.1) is 17.6 Å². The maximum absolute atomic E-state index is 13.9. The SMILES string of the molecule is CCC(C)C(=O)NCc1nnc2n1CCN(Cc1ccc(F)cc1F)CC2. The summed E-state index contributed by atoms with van der Waals surface area (Å²) in [6.45, 7) is 6.73. The summed E-state index contributed by atoms with van der Waals surface area (Å²) < 4.78 is 29.0. The molecule has 1 atom stereocenters. The van der Waals surface area contributed by atoms with Gasteiger partial charge in [0.1, 0.15) is 17.5 Å². The molecule has 8 heteroatoms. The highest BCUT2D eigenvalue weighted by Crippen LogP contribution is 2.15. The van der Waals surface area contributed by atoms with Gasteiger partial charge in [0.2, 0.25) is 5.91 Å². The van der Waals surface area contributed by atoms with E-state index in [4.69, 9.17) is 0 Å². The maximum Gasteiger partial charge on any atom is 0.223 e. The van der Waals surface area contributed by atoms with E-state index in [0.29, 0.717) is 44.7 Å². The summed E-state index contributed by atoms with van der Waals surface area (Å²) in [5.74, 6) is 0.491. The molecule has 1 aromatic carbocycles. The smallest absolute Gasteiger partial charge is 0.223 e. The average molecular weight is 377 g/mol. The molecule has 2 heterocycles. The Hall–Kier alpha value is -2.35. The van der Waals surface area contributed by atoms with Gasteiger partial charge in [-0.2, -0.15) is 0 Å². The van der Waals surface area contributed by atoms with E-state index >= 15 is 0 Å². The van der Waals surface area contributed by atoms with Gasteiger partial charge in [-0.15, -0.1) is 10.2 Å². The number of amides is 1. The Morgan fingerprint density at radius 1 is 1.26 bits per heavy atom. The van der Waals surface area contributed by atoms with Crippen molar-refractivity contribution in [3.8, 4) is 0 Å². The van der Waals surface area contributed by atoms with Crippen molar-refractivity contribution in [2.75, 3.05) is 13.1 Å². The summed E-state index contributed by atoms with van der Waals surface area (Å²) in [4.78, 5) is 14.1. The van der Waals surface area contributed by atoms with Crippen molar-refractivity contribution in [3.63, 3.8) is 0 Å². The lowest BCUT2D eigenvalue weighted by molar-refractivity contribution is -0.124. The molecular weight excluding hydrogens is 352 g/mol. The summed E-state index contributed by atoms with van der Waals surface area (Å²) in [5.41, 5.74) is 0.482. The molecule has 0 spiro atoms. The van der Waals surface area contributed by atoms with Gasteiger partial charge in [0.05, 0.1) is 6.54 Å². The van der Waals surface area contributed by atoms with Gasteiger partial charge in [-0.25, -0.2) is 8.78 Å². The van der Waals surface area contributed by atoms with Gasteiger partial charge in [0.25, 0.3) is 0 Å². The first kappa shape index (κ1) is 19.4. The summed E-state index contributed by atoms with van der Waals surface area (Å²) in [5, 5.41) is 11.4. The zero-order valence-electron chi connectivity index (χ0n) is 15.7. The van der Waals surface area contributed by atoms with Crippen molar-refractivity contribution in [2.24, 2.45) is 5.92 Å². The van der Waals surface area contributed by atoms with Crippen LogP contribution in [0.5, 0.6) is 0 Å². The number of carbonyl (C=O) groups is 1. The van der Waals surface area contributed by atoms with Gasteiger partial charge in [-0.05, 0) is 12.5 Å². The van der Waals surface area contributed by atoms with E-state index in [-0.39, 0.29) is 11.8 Å². The van der Waals surface area contributed by atoms with Crippen LogP contribution in [0.3, 0.4) is 0 Å². The number of nitrogens with zero attached hydrogens (tertiary/aromatic N) is 4. The number of aromatic nitrogens is 3. The molecule has 1 N–H and O–H groups in total. The zero-order valence-corrected chi connectivity index (χ0v) is 15.7. The molecule has 2 aromatic rings. The van der Waals surface area contributed by atoms with Gasteiger partial charge >= 0.3 is 0 Å². The molecule has 1 aliphatic rings. The van der Waals surface area contributed by atoms with Crippen LogP contribution < -0.4 is 5.32 Å². The number of nitrogens with one attached hydrogen (secondary N) is 1. The quantitative estimate of drug-likeness (QED) is 0.839. The topological polar surface area (TPSA) is 63.1 Å². The summed E-state index contributed by atoms with van der Waals surface area (Å²) in [6, 6.07) is 3.69. The molecule has 0 saturated carbocycles. The molecule has 1 aromatic heterocycles. The van der Waals surface area contributed by atoms with Crippen molar-refractivity contribution < 1.29 is 13.6 Å². The Balaban J connectivity index is 1.61. The second-order valence-corrected chi connectivity index (χ2v) is 6.97. The van der Waals surface area contributed by atoms with Gasteiger partial charge < -0.3 is 9.88 Å². The van der Waals surface area contributed by atoms with Gasteiger partial charge in [-0.3, -0.25) is 9.69 Å². The fraction of sp³-hybridized carbons (Fsp3) is 0.526. The van der Waals surface area contributed by atoms with Gasteiger partial charge in [0.15, 0.2) is 5.82 Å². The van der Waals surface area contributed by atoms with E-state index in [9.17, 15) is 13.6 Å². The second kappa shape index (κ2) is 8.56. The number of fused-ring (bicyclic) bond motifs is 1. The molecule has 0 aliphatic carbocycles. The Kier molecular flexibility index (Phi) is 6.15. The molecule has 1 amide bonds. The summed E-state index contributed by atoms with van der Waals surface area (Å²) in [6.07, 6.45) is 1.48. The normalized spacial score (nSPS) is 15.9. The maximum atomic E-state index is 13.9. The zero-order chi connectivity index (χ0) is 19.4. The molecule has 3 rings (SSSR count). The van der Waals surface area contributed by atoms with E-state index in [1.165, 1.54) is 12.1 Å². The molecule has 0 bridgehead atoms. The molecule has 0 radical (unpaired) electrons. The Bertz CT molecular complexity index is 807. The fourth-order valence-electron chi connectivity index (χ4n) is 3.13. The predicted octanol–water partition coefficient (Wildman–Crippen LogP) is 2.28. The van der Waals surface area contributed by atoms with Crippen molar-refractivity contribution >= 4 is 5.91 Å². The fourth-order valence-corrected chi connectivity index (χ4v) is 3.13. The molecule has 1 aliphatic heterocycles. The van der Waals surface area contributed by atoms with Crippen molar-refractivity contribution in [1.82, 2.24) is 25.0 Å². The predicted molar refractivity (Wildman–Crippen MR) is 96.7 cm³/mol. The lowest BCUT2D eigenvalue weighted by atomic mass is 10.1. The van der Waals surface area contributed by atoms with Crippen LogP contribution in [-0.2, 0) is 30.8 Å². The van der Waals surface area contributed by atoms with Crippen molar-refractivity contribution in [3.05, 3.63) is 47.0 Å². The molecule has 146 valence electrons. The van der Waals surface area contributed by atoms with Gasteiger partial charge in [0, 0.05) is 50.1 Å². The Morgan fingerprint density at radius 2 is 2.07 bits per heavy atom. The van der Waals surface area contributed by atoms with Crippen LogP contribution in [-0.4, -0.2) is 38.7 Å². The molecular formula is C19H25F2N5O. The van der Waals surface area contributed by atoms with Crippen LogP contribution in [0.15, 0.2) is 18.2 Å². The third kappa shape index (κ3) is 4.68. The first-order chi connectivity index (χ1) is 13.0. The van der Waals surface area contributed by atoms with Crippen LogP contribution in [0.25, 0.3) is 0 Å². The van der Waals surface area contributed by atoms with Crippen LogP contribution >= 0.6 is 0 Å². The van der Waals surface area contributed by atoms with E-state index < -0.39 is 11.6 Å². The third-order valence-corrected chi connectivity index (χ3v) is 5.09. The third-order valence-electron chi connectivity index (χ3n) is 5.09. The molecule has 1 unspecified atom stereocenters. The number of benzene rings is 1. The minimum absolute atomic E-state index is 0.0110. The highest BCUT2D eigenvalue weighted by molar-refractivity contribution is 5.78. The lowest BCUT2D eigenvalue weighted by Gasteiger charge is -2.20. The number of halogens is 2. The van der Waals surface area contributed by atoms with Gasteiger partial charge in [-0.1, -0.05) is 19.9 Å². The van der Waals surface area contributed by atoms with Crippen LogP contribution in [0.2, 0.25) is 0 Å². The highest BCUT2D eigenvalue weighted by Gasteiger charge is 2.20. The summed E-state index contributed by atoms with van der Waals surface area (Å²) >= 11 is 0. The van der Waals surface area contributed by atoms with Crippen LogP contribution in [0.1, 0.15) is 37.5 Å². The van der Waals surface area contributed by atoms with E-state index in [1.807, 2.05) is 18.4 Å². The first-order valence-corrected chi connectivity index (χ1v) is 9.33. The van der Waals surface area contributed by atoms with Crippen molar-refractivity contribution in [1.29, 1.82) is 0 Å². The number of hydrogen-bond donors (Lipinski definition) is 1. The first-order valence-electron chi connectivity index (χ1n) is 9.33. The molecule has 6 nitrogen and oxygen atoms in total. The number of hydrogen-bond acceptors (Lipinski definition) is 4. The molecule has 0 fully saturated rings. The lowest BCUT2D eigenvalue weighted by Crippen LogP contribution is -2.30. The van der Waals surface area contributed by atoms with Crippen LogP contribution in [0.4, 0.5) is 8.78 Å². The largest absolute Gasteiger partial charge is 0.349 e. The Morgan fingerprint density at radius 3 is 2.81 bits per heavy atom. The van der Waals surface area contributed by atoms with Crippen molar-refractivity contribution in [2.45, 2.75) is 46.3 Å². The van der Waals surface area contributed by atoms with E-state index in [2.05, 4.69) is 20.4 Å². The minimum atomic E-state index is -0.567. The molecule has 0 saturated heterocycles. The highest BCUT2D eigenvalue weighted by atomic mass is 19.1.